The summed E-state index contributed by atoms with van der Waals surface area (Å²) in [5.74, 6) is 0.910. The lowest BCUT2D eigenvalue weighted by Gasteiger charge is -2.16. The van der Waals surface area contributed by atoms with Crippen LogP contribution in [0, 0.1) is 5.92 Å². The van der Waals surface area contributed by atoms with Crippen LogP contribution in [0.25, 0.3) is 0 Å². The average Bonchev–Trinajstić information content (AvgIpc) is 2.81. The monoisotopic (exact) mass is 300 g/mol. The molecule has 0 aliphatic heterocycles. The molecule has 1 saturated carbocycles. The second kappa shape index (κ2) is 6.07. The molecule has 2 heteroatoms. The molecule has 0 bridgehead atoms. The van der Waals surface area contributed by atoms with Crippen LogP contribution < -0.4 is 0 Å². The molecule has 1 aliphatic rings. The van der Waals surface area contributed by atoms with Crippen LogP contribution >= 0.6 is 27.5 Å². The van der Waals surface area contributed by atoms with Crippen molar-refractivity contribution in [1.82, 2.24) is 0 Å². The Morgan fingerprint density at radius 1 is 1.19 bits per heavy atom. The molecule has 0 aromatic heterocycles. The Morgan fingerprint density at radius 3 is 2.44 bits per heavy atom. The van der Waals surface area contributed by atoms with Crippen LogP contribution in [0.2, 0.25) is 5.02 Å². The number of hydrogen-bond donors (Lipinski definition) is 0. The number of alkyl halides is 1. The van der Waals surface area contributed by atoms with Crippen molar-refractivity contribution in [3.8, 4) is 0 Å². The Bertz CT molecular complexity index is 314. The second-order valence-electron chi connectivity index (χ2n) is 4.73. The van der Waals surface area contributed by atoms with Gasteiger partial charge in [-0.2, -0.15) is 0 Å². The highest BCUT2D eigenvalue weighted by atomic mass is 79.9. The van der Waals surface area contributed by atoms with Crippen molar-refractivity contribution in [2.24, 2.45) is 5.92 Å². The molecule has 1 unspecified atom stereocenters. The zero-order valence-corrected chi connectivity index (χ0v) is 11.8. The zero-order chi connectivity index (χ0) is 11.4. The molecule has 16 heavy (non-hydrogen) atoms. The molecule has 0 N–H and O–H groups in total. The maximum absolute atomic E-state index is 5.87. The van der Waals surface area contributed by atoms with Crippen LogP contribution in [0.4, 0.5) is 0 Å². The van der Waals surface area contributed by atoms with Gasteiger partial charge in [-0.3, -0.25) is 0 Å². The molecule has 0 radical (unpaired) electrons. The second-order valence-corrected chi connectivity index (χ2v) is 6.34. The highest BCUT2D eigenvalue weighted by molar-refractivity contribution is 9.09. The number of aryl methyl sites for hydroxylation is 1. The van der Waals surface area contributed by atoms with Crippen molar-refractivity contribution in [1.29, 1.82) is 0 Å². The molecule has 2 rings (SSSR count). The quantitative estimate of drug-likeness (QED) is 0.668. The van der Waals surface area contributed by atoms with Gasteiger partial charge in [0.2, 0.25) is 0 Å². The fraction of sp³-hybridized carbons (Fsp3) is 0.571. The largest absolute Gasteiger partial charge is 0.0888 e. The van der Waals surface area contributed by atoms with Gasteiger partial charge in [0.05, 0.1) is 0 Å². The molecule has 0 saturated heterocycles. The van der Waals surface area contributed by atoms with E-state index in [0.717, 1.165) is 17.4 Å². The summed E-state index contributed by atoms with van der Waals surface area (Å²) < 4.78 is 0. The van der Waals surface area contributed by atoms with Gasteiger partial charge in [0.15, 0.2) is 0 Å². The predicted octanol–water partition coefficient (Wildman–Crippen LogP) is 5.23. The van der Waals surface area contributed by atoms with Crippen molar-refractivity contribution in [3.63, 3.8) is 0 Å². The molecular formula is C14H18BrCl. The fourth-order valence-electron chi connectivity index (χ4n) is 2.51. The first-order valence-corrected chi connectivity index (χ1v) is 7.43. The molecule has 1 aromatic rings. The molecule has 1 aliphatic carbocycles. The van der Waals surface area contributed by atoms with E-state index in [1.807, 2.05) is 12.1 Å². The smallest absolute Gasteiger partial charge is 0.0406 e. The maximum atomic E-state index is 5.87. The normalized spacial score (nSPS) is 18.9. The van der Waals surface area contributed by atoms with Crippen LogP contribution in [0.1, 0.15) is 37.7 Å². The summed E-state index contributed by atoms with van der Waals surface area (Å²) >= 11 is 9.72. The van der Waals surface area contributed by atoms with Crippen molar-refractivity contribution < 1.29 is 0 Å². The number of hydrogen-bond acceptors (Lipinski definition) is 0. The van der Waals surface area contributed by atoms with E-state index in [-0.39, 0.29) is 0 Å². The Labute approximate surface area is 112 Å². The van der Waals surface area contributed by atoms with E-state index >= 15 is 0 Å². The summed E-state index contributed by atoms with van der Waals surface area (Å²) in [5, 5.41) is 0.829. The van der Waals surface area contributed by atoms with Crippen LogP contribution in [0.3, 0.4) is 0 Å². The van der Waals surface area contributed by atoms with Gasteiger partial charge in [-0.25, -0.2) is 0 Å². The van der Waals surface area contributed by atoms with Gasteiger partial charge in [0, 0.05) is 9.85 Å². The lowest BCUT2D eigenvalue weighted by molar-refractivity contribution is 0.506. The van der Waals surface area contributed by atoms with E-state index in [1.165, 1.54) is 37.7 Å². The van der Waals surface area contributed by atoms with E-state index in [9.17, 15) is 0 Å². The third-order valence-corrected chi connectivity index (χ3v) is 4.99. The highest BCUT2D eigenvalue weighted by Gasteiger charge is 2.22. The lowest BCUT2D eigenvalue weighted by Crippen LogP contribution is -2.11. The first-order valence-electron chi connectivity index (χ1n) is 6.14. The Kier molecular flexibility index (Phi) is 4.72. The van der Waals surface area contributed by atoms with Crippen LogP contribution in [-0.2, 0) is 6.42 Å². The molecular weight excluding hydrogens is 284 g/mol. The maximum Gasteiger partial charge on any atom is 0.0406 e. The van der Waals surface area contributed by atoms with Gasteiger partial charge in [0.25, 0.3) is 0 Å². The van der Waals surface area contributed by atoms with E-state index in [4.69, 9.17) is 11.6 Å². The van der Waals surface area contributed by atoms with Crippen LogP contribution in [0.15, 0.2) is 24.3 Å². The lowest BCUT2D eigenvalue weighted by atomic mass is 9.98. The van der Waals surface area contributed by atoms with Crippen molar-refractivity contribution in [2.75, 3.05) is 0 Å². The van der Waals surface area contributed by atoms with Crippen LogP contribution in [0.5, 0.6) is 0 Å². The van der Waals surface area contributed by atoms with E-state index in [1.54, 1.807) is 0 Å². The minimum absolute atomic E-state index is 0.700. The highest BCUT2D eigenvalue weighted by Crippen LogP contribution is 2.33. The molecule has 1 aromatic carbocycles. The van der Waals surface area contributed by atoms with Crippen molar-refractivity contribution >= 4 is 27.5 Å². The number of halogens is 2. The zero-order valence-electron chi connectivity index (χ0n) is 9.46. The summed E-state index contributed by atoms with van der Waals surface area (Å²) in [6, 6.07) is 8.23. The number of rotatable bonds is 4. The van der Waals surface area contributed by atoms with E-state index < -0.39 is 0 Å². The van der Waals surface area contributed by atoms with Gasteiger partial charge in [-0.1, -0.05) is 52.5 Å². The van der Waals surface area contributed by atoms with Gasteiger partial charge in [0.1, 0.15) is 0 Å². The summed E-state index contributed by atoms with van der Waals surface area (Å²) in [7, 11) is 0. The third kappa shape index (κ3) is 3.49. The van der Waals surface area contributed by atoms with Gasteiger partial charge in [-0.05, 0) is 49.3 Å². The molecule has 0 nitrogen and oxygen atoms in total. The standard InChI is InChI=1S/C14H18BrCl/c15-14(12-3-1-2-4-12)10-7-11-5-8-13(16)9-6-11/h5-6,8-9,12,14H,1-4,7,10H2. The van der Waals surface area contributed by atoms with E-state index in [0.29, 0.717) is 4.83 Å². The summed E-state index contributed by atoms with van der Waals surface area (Å²) in [6.07, 6.45) is 8.07. The third-order valence-electron chi connectivity index (χ3n) is 3.53. The summed E-state index contributed by atoms with van der Waals surface area (Å²) in [6.45, 7) is 0. The Balaban J connectivity index is 1.80. The average molecular weight is 302 g/mol. The topological polar surface area (TPSA) is 0 Å². The Hall–Kier alpha value is -0.0100. The first-order chi connectivity index (χ1) is 7.75. The van der Waals surface area contributed by atoms with Gasteiger partial charge >= 0.3 is 0 Å². The molecule has 1 fully saturated rings. The predicted molar refractivity (Wildman–Crippen MR) is 74.4 cm³/mol. The van der Waals surface area contributed by atoms with Gasteiger partial charge in [-0.15, -0.1) is 0 Å². The molecule has 88 valence electrons. The molecule has 0 amide bonds. The van der Waals surface area contributed by atoms with Crippen molar-refractivity contribution in [2.45, 2.75) is 43.4 Å². The Morgan fingerprint density at radius 2 is 1.81 bits per heavy atom. The van der Waals surface area contributed by atoms with Crippen molar-refractivity contribution in [3.05, 3.63) is 34.9 Å². The molecule has 0 spiro atoms. The summed E-state index contributed by atoms with van der Waals surface area (Å²) in [5.41, 5.74) is 1.40. The first kappa shape index (κ1) is 12.4. The summed E-state index contributed by atoms with van der Waals surface area (Å²) in [4.78, 5) is 0.700. The number of benzene rings is 1. The molecule has 0 heterocycles. The van der Waals surface area contributed by atoms with Crippen LogP contribution in [-0.4, -0.2) is 4.83 Å². The van der Waals surface area contributed by atoms with E-state index in [2.05, 4.69) is 28.1 Å². The fourth-order valence-corrected chi connectivity index (χ4v) is 3.39. The minimum atomic E-state index is 0.700. The molecule has 1 atom stereocenters. The SMILES string of the molecule is Clc1ccc(CCC(Br)C2CCCC2)cc1. The minimum Gasteiger partial charge on any atom is -0.0888 e. The van der Waals surface area contributed by atoms with Gasteiger partial charge < -0.3 is 0 Å².